The van der Waals surface area contributed by atoms with Crippen molar-refractivity contribution in [2.75, 3.05) is 13.1 Å². The van der Waals surface area contributed by atoms with E-state index in [1.54, 1.807) is 0 Å². The lowest BCUT2D eigenvalue weighted by molar-refractivity contribution is 0.196. The lowest BCUT2D eigenvalue weighted by Crippen LogP contribution is -2.33. The summed E-state index contributed by atoms with van der Waals surface area (Å²) in [6.07, 6.45) is 4.27. The minimum Gasteiger partial charge on any atom is -0.361 e. The molecule has 1 fully saturated rings. The van der Waals surface area contributed by atoms with Crippen molar-refractivity contribution in [1.29, 1.82) is 0 Å². The van der Waals surface area contributed by atoms with Crippen LogP contribution in [-0.4, -0.2) is 32.9 Å². The molecule has 0 aliphatic carbocycles. The van der Waals surface area contributed by atoms with E-state index in [0.29, 0.717) is 5.92 Å². The van der Waals surface area contributed by atoms with E-state index in [4.69, 9.17) is 4.52 Å². The van der Waals surface area contributed by atoms with Crippen LogP contribution in [0.1, 0.15) is 35.9 Å². The molecule has 5 heteroatoms. The van der Waals surface area contributed by atoms with Crippen molar-refractivity contribution in [2.45, 2.75) is 32.2 Å². The monoisotopic (exact) mass is 260 g/mol. The summed E-state index contributed by atoms with van der Waals surface area (Å²) >= 11 is 0. The molecule has 1 aliphatic rings. The molecule has 3 rings (SSSR count). The van der Waals surface area contributed by atoms with E-state index >= 15 is 0 Å². The largest absolute Gasteiger partial charge is 0.361 e. The second kappa shape index (κ2) is 5.17. The number of hydrogen-bond acceptors (Lipinski definition) is 4. The average Bonchev–Trinajstić information content (AvgIpc) is 3.00. The summed E-state index contributed by atoms with van der Waals surface area (Å²) in [5.74, 6) is 1.53. The Morgan fingerprint density at radius 1 is 1.37 bits per heavy atom. The highest BCUT2D eigenvalue weighted by atomic mass is 16.5. The zero-order chi connectivity index (χ0) is 13.2. The van der Waals surface area contributed by atoms with Crippen molar-refractivity contribution in [2.24, 2.45) is 7.05 Å². The highest BCUT2D eigenvalue weighted by Gasteiger charge is 2.23. The van der Waals surface area contributed by atoms with Crippen LogP contribution in [0, 0.1) is 6.92 Å². The third kappa shape index (κ3) is 2.71. The van der Waals surface area contributed by atoms with Crippen molar-refractivity contribution < 1.29 is 4.52 Å². The fourth-order valence-corrected chi connectivity index (χ4v) is 2.89. The lowest BCUT2D eigenvalue weighted by Gasteiger charge is -2.31. The zero-order valence-corrected chi connectivity index (χ0v) is 11.5. The Hall–Kier alpha value is -1.62. The smallest absolute Gasteiger partial charge is 0.133 e. The first kappa shape index (κ1) is 12.4. The fourth-order valence-electron chi connectivity index (χ4n) is 2.89. The van der Waals surface area contributed by atoms with Gasteiger partial charge >= 0.3 is 0 Å². The molecule has 2 aromatic rings. The predicted octanol–water partition coefficient (Wildman–Crippen LogP) is 2.10. The van der Waals surface area contributed by atoms with Gasteiger partial charge in [0.05, 0.1) is 5.69 Å². The molecule has 2 aromatic heterocycles. The summed E-state index contributed by atoms with van der Waals surface area (Å²) in [6.45, 7) is 5.06. The van der Waals surface area contributed by atoms with Crippen LogP contribution in [0.25, 0.3) is 0 Å². The molecule has 0 radical (unpaired) electrons. The molecular formula is C14H20N4O. The van der Waals surface area contributed by atoms with Gasteiger partial charge in [-0.2, -0.15) is 5.10 Å². The predicted molar refractivity (Wildman–Crippen MR) is 71.7 cm³/mol. The second-order valence-corrected chi connectivity index (χ2v) is 5.36. The second-order valence-electron chi connectivity index (χ2n) is 5.36. The minimum absolute atomic E-state index is 0.641. The number of nitrogens with zero attached hydrogens (tertiary/aromatic N) is 4. The van der Waals surface area contributed by atoms with Gasteiger partial charge in [0.25, 0.3) is 0 Å². The van der Waals surface area contributed by atoms with E-state index in [1.165, 1.54) is 18.5 Å². The first-order valence-electron chi connectivity index (χ1n) is 6.85. The van der Waals surface area contributed by atoms with E-state index in [1.807, 2.05) is 30.9 Å². The molecular weight excluding hydrogens is 240 g/mol. The summed E-state index contributed by atoms with van der Waals surface area (Å²) in [6, 6.07) is 4.16. The summed E-state index contributed by atoms with van der Waals surface area (Å²) in [5.41, 5.74) is 2.40. The maximum atomic E-state index is 5.11. The molecule has 5 nitrogen and oxygen atoms in total. The Balaban J connectivity index is 1.56. The van der Waals surface area contributed by atoms with Crippen LogP contribution >= 0.6 is 0 Å². The first-order chi connectivity index (χ1) is 9.22. The molecule has 0 bridgehead atoms. The number of piperidine rings is 1. The van der Waals surface area contributed by atoms with E-state index in [9.17, 15) is 0 Å². The molecule has 0 unspecified atom stereocenters. The Kier molecular flexibility index (Phi) is 3.38. The van der Waals surface area contributed by atoms with Gasteiger partial charge in [-0.1, -0.05) is 5.16 Å². The van der Waals surface area contributed by atoms with Gasteiger partial charge in [-0.25, -0.2) is 0 Å². The lowest BCUT2D eigenvalue weighted by atomic mass is 9.93. The number of aromatic nitrogens is 3. The van der Waals surface area contributed by atoms with Gasteiger partial charge in [-0.3, -0.25) is 9.58 Å². The van der Waals surface area contributed by atoms with Gasteiger partial charge in [0, 0.05) is 37.5 Å². The highest BCUT2D eigenvalue weighted by Crippen LogP contribution is 2.27. The van der Waals surface area contributed by atoms with Gasteiger partial charge in [-0.05, 0) is 38.9 Å². The van der Waals surface area contributed by atoms with E-state index in [0.717, 1.165) is 31.1 Å². The fraction of sp³-hybridized carbons (Fsp3) is 0.571. The molecule has 0 aromatic carbocycles. The molecule has 1 saturated heterocycles. The van der Waals surface area contributed by atoms with Crippen LogP contribution < -0.4 is 0 Å². The molecule has 102 valence electrons. The first-order valence-corrected chi connectivity index (χ1v) is 6.85. The van der Waals surface area contributed by atoms with Crippen LogP contribution in [0.15, 0.2) is 22.9 Å². The molecule has 0 saturated carbocycles. The molecule has 19 heavy (non-hydrogen) atoms. The summed E-state index contributed by atoms with van der Waals surface area (Å²) < 4.78 is 7.11. The molecule has 1 aliphatic heterocycles. The van der Waals surface area contributed by atoms with Crippen LogP contribution in [0.2, 0.25) is 0 Å². The summed E-state index contributed by atoms with van der Waals surface area (Å²) in [7, 11) is 2.03. The van der Waals surface area contributed by atoms with Crippen molar-refractivity contribution >= 4 is 0 Å². The molecule has 0 atom stereocenters. The summed E-state index contributed by atoms with van der Waals surface area (Å²) in [5, 5.41) is 8.32. The molecule has 0 amide bonds. The van der Waals surface area contributed by atoms with Crippen LogP contribution in [0.3, 0.4) is 0 Å². The quantitative estimate of drug-likeness (QED) is 0.848. The zero-order valence-electron chi connectivity index (χ0n) is 11.5. The van der Waals surface area contributed by atoms with Gasteiger partial charge in [0.1, 0.15) is 5.76 Å². The minimum atomic E-state index is 0.641. The Bertz CT molecular complexity index is 537. The van der Waals surface area contributed by atoms with Crippen molar-refractivity contribution in [3.8, 4) is 0 Å². The van der Waals surface area contributed by atoms with E-state index < -0.39 is 0 Å². The number of likely N-dealkylation sites (tertiary alicyclic amines) is 1. The number of rotatable bonds is 3. The number of hydrogen-bond donors (Lipinski definition) is 0. The normalized spacial score (nSPS) is 18.0. The maximum Gasteiger partial charge on any atom is 0.133 e. The van der Waals surface area contributed by atoms with Crippen LogP contribution in [-0.2, 0) is 13.6 Å². The molecule has 3 heterocycles. The maximum absolute atomic E-state index is 5.11. The van der Waals surface area contributed by atoms with Crippen molar-refractivity contribution in [3.05, 3.63) is 35.5 Å². The Morgan fingerprint density at radius 2 is 2.16 bits per heavy atom. The van der Waals surface area contributed by atoms with Gasteiger partial charge < -0.3 is 4.52 Å². The Labute approximate surface area is 113 Å². The third-order valence-corrected chi connectivity index (χ3v) is 3.93. The van der Waals surface area contributed by atoms with Gasteiger partial charge in [0.2, 0.25) is 0 Å². The Morgan fingerprint density at radius 3 is 2.74 bits per heavy atom. The van der Waals surface area contributed by atoms with Gasteiger partial charge in [-0.15, -0.1) is 0 Å². The average molecular weight is 260 g/mol. The summed E-state index contributed by atoms with van der Waals surface area (Å²) in [4.78, 5) is 2.45. The highest BCUT2D eigenvalue weighted by molar-refractivity contribution is 5.09. The van der Waals surface area contributed by atoms with Gasteiger partial charge in [0.15, 0.2) is 0 Å². The van der Waals surface area contributed by atoms with Crippen LogP contribution in [0.4, 0.5) is 0 Å². The van der Waals surface area contributed by atoms with E-state index in [2.05, 4.69) is 21.2 Å². The SMILES string of the molecule is Cc1cc(CN2CCC(c3ccnn3C)CC2)no1. The molecule has 0 N–H and O–H groups in total. The van der Waals surface area contributed by atoms with Crippen LogP contribution in [0.5, 0.6) is 0 Å². The van der Waals surface area contributed by atoms with Crippen molar-refractivity contribution in [1.82, 2.24) is 19.8 Å². The number of aryl methyl sites for hydroxylation is 2. The van der Waals surface area contributed by atoms with E-state index in [-0.39, 0.29) is 0 Å². The van der Waals surface area contributed by atoms with Crippen molar-refractivity contribution in [3.63, 3.8) is 0 Å². The topological polar surface area (TPSA) is 47.1 Å². The standard InChI is InChI=1S/C14H20N4O/c1-11-9-13(16-19-11)10-18-7-4-12(5-8-18)14-3-6-15-17(14)2/h3,6,9,12H,4-5,7-8,10H2,1-2H3. The molecule has 0 spiro atoms. The third-order valence-electron chi connectivity index (χ3n) is 3.93.